The molecule has 92 valence electrons. The summed E-state index contributed by atoms with van der Waals surface area (Å²) in [6.45, 7) is 1.85. The van der Waals surface area contributed by atoms with Crippen LogP contribution < -0.4 is 11.0 Å². The smallest absolute Gasteiger partial charge is 0.323 e. The van der Waals surface area contributed by atoms with Crippen LogP contribution in [0.1, 0.15) is 5.76 Å². The molecule has 0 fully saturated rings. The Labute approximate surface area is 102 Å². The van der Waals surface area contributed by atoms with Crippen molar-refractivity contribution in [3.63, 3.8) is 0 Å². The maximum Gasteiger partial charge on any atom is 0.323 e. The lowest BCUT2D eigenvalue weighted by atomic mass is 10.1. The zero-order valence-electron chi connectivity index (χ0n) is 10.00. The van der Waals surface area contributed by atoms with Crippen LogP contribution >= 0.6 is 0 Å². The van der Waals surface area contributed by atoms with Gasteiger partial charge in [0, 0.05) is 12.6 Å². The number of oxazole rings is 1. The van der Waals surface area contributed by atoms with E-state index in [0.29, 0.717) is 6.01 Å². The van der Waals surface area contributed by atoms with Crippen molar-refractivity contribution in [2.75, 3.05) is 12.4 Å². The van der Waals surface area contributed by atoms with E-state index in [0.717, 1.165) is 28.1 Å². The molecule has 0 radical (unpaired) electrons. The van der Waals surface area contributed by atoms with Gasteiger partial charge in [0.2, 0.25) is 0 Å². The van der Waals surface area contributed by atoms with Gasteiger partial charge in [0.25, 0.3) is 6.01 Å². The van der Waals surface area contributed by atoms with Crippen LogP contribution in [0.15, 0.2) is 27.4 Å². The Morgan fingerprint density at radius 3 is 2.78 bits per heavy atom. The third-order valence-corrected chi connectivity index (χ3v) is 2.80. The zero-order valence-corrected chi connectivity index (χ0v) is 10.00. The van der Waals surface area contributed by atoms with Crippen molar-refractivity contribution in [3.05, 3.63) is 34.4 Å². The van der Waals surface area contributed by atoms with E-state index in [9.17, 15) is 4.79 Å². The molecule has 2 heterocycles. The van der Waals surface area contributed by atoms with Gasteiger partial charge < -0.3 is 19.7 Å². The molecule has 0 aliphatic rings. The molecule has 0 atom stereocenters. The molecule has 0 spiro atoms. The number of aromatic nitrogens is 3. The van der Waals surface area contributed by atoms with E-state index in [2.05, 4.69) is 20.3 Å². The Bertz CT molecular complexity index is 766. The Morgan fingerprint density at radius 2 is 2.06 bits per heavy atom. The molecule has 0 aliphatic heterocycles. The van der Waals surface area contributed by atoms with Crippen molar-refractivity contribution in [3.8, 4) is 11.3 Å². The lowest BCUT2D eigenvalue weighted by molar-refractivity contribution is 0.544. The minimum Gasteiger partial charge on any atom is -0.428 e. The minimum atomic E-state index is -0.213. The average Bonchev–Trinajstić information content (AvgIpc) is 2.89. The van der Waals surface area contributed by atoms with E-state index in [1.807, 2.05) is 25.1 Å². The van der Waals surface area contributed by atoms with Gasteiger partial charge in [0.15, 0.2) is 0 Å². The average molecular weight is 244 g/mol. The van der Waals surface area contributed by atoms with Gasteiger partial charge in [0.1, 0.15) is 11.5 Å². The second-order valence-corrected chi connectivity index (χ2v) is 4.01. The van der Waals surface area contributed by atoms with Crippen molar-refractivity contribution in [1.82, 2.24) is 15.0 Å². The summed E-state index contributed by atoms with van der Waals surface area (Å²) in [7, 11) is 1.75. The predicted octanol–water partition coefficient (Wildman–Crippen LogP) is 1.86. The number of nitrogens with zero attached hydrogens (tertiary/aromatic N) is 1. The van der Waals surface area contributed by atoms with Crippen molar-refractivity contribution in [2.24, 2.45) is 0 Å². The molecule has 0 unspecified atom stereocenters. The monoisotopic (exact) mass is 244 g/mol. The number of fused-ring (bicyclic) bond motifs is 1. The van der Waals surface area contributed by atoms with E-state index in [1.54, 1.807) is 7.05 Å². The SMILES string of the molecule is CNc1nc(-c2ccc3[nH]c(=O)[nH]c3c2)c(C)o1. The summed E-state index contributed by atoms with van der Waals surface area (Å²) in [5.74, 6) is 0.733. The standard InChI is InChI=1S/C12H12N4O2/c1-6-10(16-12(13-2)18-6)7-3-4-8-9(5-7)15-11(17)14-8/h3-5H,1-2H3,(H,13,16)(H2,14,15,17). The number of H-pyrrole nitrogens is 2. The van der Waals surface area contributed by atoms with Crippen LogP contribution in [-0.4, -0.2) is 22.0 Å². The van der Waals surface area contributed by atoms with Gasteiger partial charge >= 0.3 is 5.69 Å². The van der Waals surface area contributed by atoms with Crippen molar-refractivity contribution >= 4 is 17.0 Å². The molecule has 0 aliphatic carbocycles. The number of hydrogen-bond acceptors (Lipinski definition) is 4. The first kappa shape index (κ1) is 10.6. The summed E-state index contributed by atoms with van der Waals surface area (Å²) in [5.41, 5.74) is 2.99. The fraction of sp³-hybridized carbons (Fsp3) is 0.167. The molecule has 6 nitrogen and oxygen atoms in total. The zero-order chi connectivity index (χ0) is 12.7. The maximum absolute atomic E-state index is 11.2. The molecular formula is C12H12N4O2. The summed E-state index contributed by atoms with van der Waals surface area (Å²) in [6, 6.07) is 6.09. The summed E-state index contributed by atoms with van der Waals surface area (Å²) in [5, 5.41) is 2.86. The Kier molecular flexibility index (Phi) is 2.22. The van der Waals surface area contributed by atoms with Crippen LogP contribution in [0.2, 0.25) is 0 Å². The molecule has 3 N–H and O–H groups in total. The molecule has 0 bridgehead atoms. The van der Waals surface area contributed by atoms with Crippen molar-refractivity contribution in [2.45, 2.75) is 6.92 Å². The third kappa shape index (κ3) is 1.58. The Morgan fingerprint density at radius 1 is 1.28 bits per heavy atom. The molecule has 0 amide bonds. The number of nitrogens with one attached hydrogen (secondary N) is 3. The number of imidazole rings is 1. The van der Waals surface area contributed by atoms with Gasteiger partial charge in [-0.15, -0.1) is 0 Å². The van der Waals surface area contributed by atoms with Gasteiger partial charge in [-0.2, -0.15) is 4.98 Å². The minimum absolute atomic E-state index is 0.213. The first-order valence-corrected chi connectivity index (χ1v) is 5.55. The highest BCUT2D eigenvalue weighted by molar-refractivity contribution is 5.81. The molecule has 18 heavy (non-hydrogen) atoms. The fourth-order valence-corrected chi connectivity index (χ4v) is 1.95. The molecule has 3 rings (SSSR count). The van der Waals surface area contributed by atoms with Crippen LogP contribution in [-0.2, 0) is 0 Å². The van der Waals surface area contributed by atoms with Crippen LogP contribution in [0.25, 0.3) is 22.3 Å². The quantitative estimate of drug-likeness (QED) is 0.642. The van der Waals surface area contributed by atoms with Crippen LogP contribution in [0.5, 0.6) is 0 Å². The second-order valence-electron chi connectivity index (χ2n) is 4.01. The molecular weight excluding hydrogens is 232 g/mol. The van der Waals surface area contributed by atoms with Gasteiger partial charge in [0.05, 0.1) is 11.0 Å². The number of rotatable bonds is 2. The van der Waals surface area contributed by atoms with Crippen LogP contribution in [0.3, 0.4) is 0 Å². The number of anilines is 1. The topological polar surface area (TPSA) is 86.7 Å². The third-order valence-electron chi connectivity index (χ3n) is 2.80. The highest BCUT2D eigenvalue weighted by Gasteiger charge is 2.11. The largest absolute Gasteiger partial charge is 0.428 e. The van der Waals surface area contributed by atoms with Gasteiger partial charge in [-0.05, 0) is 19.1 Å². The first-order chi connectivity index (χ1) is 8.67. The maximum atomic E-state index is 11.2. The fourth-order valence-electron chi connectivity index (χ4n) is 1.95. The van der Waals surface area contributed by atoms with E-state index in [4.69, 9.17) is 4.42 Å². The molecule has 3 aromatic rings. The van der Waals surface area contributed by atoms with Gasteiger partial charge in [-0.1, -0.05) is 6.07 Å². The van der Waals surface area contributed by atoms with Crippen molar-refractivity contribution in [1.29, 1.82) is 0 Å². The van der Waals surface area contributed by atoms with Crippen LogP contribution in [0.4, 0.5) is 6.01 Å². The van der Waals surface area contributed by atoms with E-state index >= 15 is 0 Å². The van der Waals surface area contributed by atoms with E-state index in [-0.39, 0.29) is 5.69 Å². The number of aromatic amines is 2. The summed E-state index contributed by atoms with van der Waals surface area (Å²) < 4.78 is 5.43. The van der Waals surface area contributed by atoms with E-state index < -0.39 is 0 Å². The summed E-state index contributed by atoms with van der Waals surface area (Å²) in [6.07, 6.45) is 0. The predicted molar refractivity (Wildman–Crippen MR) is 68.7 cm³/mol. The summed E-state index contributed by atoms with van der Waals surface area (Å²) >= 11 is 0. The molecule has 0 saturated carbocycles. The highest BCUT2D eigenvalue weighted by Crippen LogP contribution is 2.26. The van der Waals surface area contributed by atoms with Crippen molar-refractivity contribution < 1.29 is 4.42 Å². The van der Waals surface area contributed by atoms with E-state index in [1.165, 1.54) is 0 Å². The lowest BCUT2D eigenvalue weighted by Gasteiger charge is -1.97. The number of benzene rings is 1. The van der Waals surface area contributed by atoms with Crippen LogP contribution in [0, 0.1) is 6.92 Å². The summed E-state index contributed by atoms with van der Waals surface area (Å²) in [4.78, 5) is 21.0. The van der Waals surface area contributed by atoms with Gasteiger partial charge in [-0.25, -0.2) is 4.79 Å². The Balaban J connectivity index is 2.18. The second kappa shape index (κ2) is 3.76. The number of aryl methyl sites for hydroxylation is 1. The molecule has 2 aromatic heterocycles. The Hall–Kier alpha value is -2.50. The molecule has 6 heteroatoms. The normalized spacial score (nSPS) is 11.0. The lowest BCUT2D eigenvalue weighted by Crippen LogP contribution is -1.99. The molecule has 0 saturated heterocycles. The van der Waals surface area contributed by atoms with Gasteiger partial charge in [-0.3, -0.25) is 0 Å². The highest BCUT2D eigenvalue weighted by atomic mass is 16.4. The molecule has 1 aromatic carbocycles. The first-order valence-electron chi connectivity index (χ1n) is 5.55. The number of hydrogen-bond donors (Lipinski definition) is 3.